The Morgan fingerprint density at radius 2 is 1.83 bits per heavy atom. The summed E-state index contributed by atoms with van der Waals surface area (Å²) in [6.45, 7) is 1.92. The van der Waals surface area contributed by atoms with Crippen molar-refractivity contribution in [2.24, 2.45) is 5.73 Å². The minimum atomic E-state index is -0.284. The van der Waals surface area contributed by atoms with E-state index in [1.54, 1.807) is 12.1 Å². The number of halogens is 2. The largest absolute Gasteiger partial charge is 0.456 e. The van der Waals surface area contributed by atoms with Gasteiger partial charge in [-0.05, 0) is 64.8 Å². The van der Waals surface area contributed by atoms with Gasteiger partial charge in [0.15, 0.2) is 0 Å². The van der Waals surface area contributed by atoms with Crippen LogP contribution in [0.15, 0.2) is 46.9 Å². The summed E-state index contributed by atoms with van der Waals surface area (Å²) in [5.41, 5.74) is 6.82. The lowest BCUT2D eigenvalue weighted by atomic mass is 10.1. The van der Waals surface area contributed by atoms with Gasteiger partial charge in [0, 0.05) is 6.04 Å². The van der Waals surface area contributed by atoms with E-state index in [4.69, 9.17) is 10.5 Å². The molecule has 2 N–H and O–H groups in total. The van der Waals surface area contributed by atoms with Crippen molar-refractivity contribution in [2.45, 2.75) is 13.0 Å². The monoisotopic (exact) mass is 309 g/mol. The zero-order chi connectivity index (χ0) is 13.1. The standard InChI is InChI=1S/C14H13BrFNO/c1-9(17)10-2-7-14(13(15)8-10)18-12-5-3-11(16)4-6-12/h2-9H,17H2,1H3/t9-/m0/s1. The number of rotatable bonds is 3. The fourth-order valence-corrected chi connectivity index (χ4v) is 1.99. The number of hydrogen-bond acceptors (Lipinski definition) is 2. The van der Waals surface area contributed by atoms with Crippen molar-refractivity contribution in [2.75, 3.05) is 0 Å². The molecule has 0 aliphatic carbocycles. The molecule has 0 aliphatic rings. The maximum Gasteiger partial charge on any atom is 0.141 e. The number of ether oxygens (including phenoxy) is 1. The van der Waals surface area contributed by atoms with Gasteiger partial charge in [-0.3, -0.25) is 0 Å². The predicted molar refractivity (Wildman–Crippen MR) is 73.2 cm³/mol. The van der Waals surface area contributed by atoms with E-state index in [0.29, 0.717) is 11.5 Å². The first-order chi connectivity index (χ1) is 8.56. The maximum absolute atomic E-state index is 12.8. The Kier molecular flexibility index (Phi) is 3.99. The normalized spacial score (nSPS) is 12.2. The van der Waals surface area contributed by atoms with Crippen molar-refractivity contribution in [1.82, 2.24) is 0 Å². The van der Waals surface area contributed by atoms with E-state index in [-0.39, 0.29) is 11.9 Å². The highest BCUT2D eigenvalue weighted by Crippen LogP contribution is 2.31. The van der Waals surface area contributed by atoms with Crippen molar-refractivity contribution in [3.05, 3.63) is 58.3 Å². The van der Waals surface area contributed by atoms with Crippen LogP contribution < -0.4 is 10.5 Å². The molecule has 0 aliphatic heterocycles. The van der Waals surface area contributed by atoms with E-state index in [0.717, 1.165) is 10.0 Å². The maximum atomic E-state index is 12.8. The van der Waals surface area contributed by atoms with Crippen molar-refractivity contribution in [1.29, 1.82) is 0 Å². The Balaban J connectivity index is 2.22. The molecule has 0 saturated carbocycles. The third-order valence-corrected chi connectivity index (χ3v) is 3.14. The Bertz CT molecular complexity index is 540. The molecule has 0 radical (unpaired) electrons. The van der Waals surface area contributed by atoms with Crippen LogP contribution in [0.4, 0.5) is 4.39 Å². The summed E-state index contributed by atoms with van der Waals surface area (Å²) in [7, 11) is 0. The van der Waals surface area contributed by atoms with Crippen LogP contribution in [-0.2, 0) is 0 Å². The van der Waals surface area contributed by atoms with Crippen LogP contribution in [0.25, 0.3) is 0 Å². The van der Waals surface area contributed by atoms with E-state index in [1.165, 1.54) is 12.1 Å². The number of benzene rings is 2. The SMILES string of the molecule is C[C@H](N)c1ccc(Oc2ccc(F)cc2)c(Br)c1. The highest BCUT2D eigenvalue weighted by atomic mass is 79.9. The summed E-state index contributed by atoms with van der Waals surface area (Å²) >= 11 is 3.43. The third kappa shape index (κ3) is 3.09. The minimum absolute atomic E-state index is 0.0267. The lowest BCUT2D eigenvalue weighted by molar-refractivity contribution is 0.477. The van der Waals surface area contributed by atoms with Crippen LogP contribution in [0.2, 0.25) is 0 Å². The second kappa shape index (κ2) is 5.50. The molecular formula is C14H13BrFNO. The third-order valence-electron chi connectivity index (χ3n) is 2.52. The van der Waals surface area contributed by atoms with Crippen LogP contribution in [0.5, 0.6) is 11.5 Å². The molecule has 0 saturated heterocycles. The number of hydrogen-bond donors (Lipinski definition) is 1. The lowest BCUT2D eigenvalue weighted by Crippen LogP contribution is -2.04. The van der Waals surface area contributed by atoms with Gasteiger partial charge in [-0.2, -0.15) is 0 Å². The van der Waals surface area contributed by atoms with Gasteiger partial charge in [0.05, 0.1) is 4.47 Å². The molecule has 18 heavy (non-hydrogen) atoms. The van der Waals surface area contributed by atoms with Crippen LogP contribution in [0.3, 0.4) is 0 Å². The smallest absolute Gasteiger partial charge is 0.141 e. The van der Waals surface area contributed by atoms with Gasteiger partial charge in [-0.1, -0.05) is 6.07 Å². The molecule has 0 bridgehead atoms. The molecule has 1 atom stereocenters. The molecule has 0 heterocycles. The molecule has 0 aromatic heterocycles. The molecule has 2 nitrogen and oxygen atoms in total. The molecule has 94 valence electrons. The van der Waals surface area contributed by atoms with E-state index in [1.807, 2.05) is 25.1 Å². The van der Waals surface area contributed by atoms with Gasteiger partial charge in [-0.15, -0.1) is 0 Å². The van der Waals surface area contributed by atoms with Gasteiger partial charge in [0.1, 0.15) is 17.3 Å². The Morgan fingerprint density at radius 1 is 1.17 bits per heavy atom. The van der Waals surface area contributed by atoms with Gasteiger partial charge < -0.3 is 10.5 Å². The first-order valence-electron chi connectivity index (χ1n) is 5.54. The summed E-state index contributed by atoms with van der Waals surface area (Å²) < 4.78 is 19.2. The molecule has 2 aromatic rings. The molecule has 0 fully saturated rings. The Morgan fingerprint density at radius 3 is 2.39 bits per heavy atom. The fraction of sp³-hybridized carbons (Fsp3) is 0.143. The lowest BCUT2D eigenvalue weighted by Gasteiger charge is -2.11. The first kappa shape index (κ1) is 13.1. The van der Waals surface area contributed by atoms with Gasteiger partial charge >= 0.3 is 0 Å². The predicted octanol–water partition coefficient (Wildman–Crippen LogP) is 4.40. The van der Waals surface area contributed by atoms with E-state index >= 15 is 0 Å². The Hall–Kier alpha value is -1.39. The zero-order valence-electron chi connectivity index (χ0n) is 9.86. The van der Waals surface area contributed by atoms with E-state index in [2.05, 4.69) is 15.9 Å². The van der Waals surface area contributed by atoms with Crippen LogP contribution in [0.1, 0.15) is 18.5 Å². The highest BCUT2D eigenvalue weighted by Gasteiger charge is 2.06. The molecule has 0 spiro atoms. The first-order valence-corrected chi connectivity index (χ1v) is 6.34. The van der Waals surface area contributed by atoms with Gasteiger partial charge in [0.25, 0.3) is 0 Å². The summed E-state index contributed by atoms with van der Waals surface area (Å²) in [4.78, 5) is 0. The molecule has 0 unspecified atom stereocenters. The molecule has 2 aromatic carbocycles. The topological polar surface area (TPSA) is 35.2 Å². The fourth-order valence-electron chi connectivity index (χ4n) is 1.51. The second-order valence-corrected chi connectivity index (χ2v) is 4.89. The summed E-state index contributed by atoms with van der Waals surface area (Å²) in [5.74, 6) is 0.977. The summed E-state index contributed by atoms with van der Waals surface area (Å²) in [6, 6.07) is 11.5. The number of nitrogens with two attached hydrogens (primary N) is 1. The van der Waals surface area contributed by atoms with Gasteiger partial charge in [0.2, 0.25) is 0 Å². The van der Waals surface area contributed by atoms with Crippen LogP contribution in [-0.4, -0.2) is 0 Å². The van der Waals surface area contributed by atoms with Crippen molar-refractivity contribution in [3.63, 3.8) is 0 Å². The average Bonchev–Trinajstić information content (AvgIpc) is 2.34. The van der Waals surface area contributed by atoms with Crippen molar-refractivity contribution >= 4 is 15.9 Å². The van der Waals surface area contributed by atoms with Crippen molar-refractivity contribution < 1.29 is 9.13 Å². The Labute approximate surface area is 114 Å². The highest BCUT2D eigenvalue weighted by molar-refractivity contribution is 9.10. The molecule has 0 amide bonds. The quantitative estimate of drug-likeness (QED) is 0.912. The molecular weight excluding hydrogens is 297 g/mol. The molecule has 2 rings (SSSR count). The zero-order valence-corrected chi connectivity index (χ0v) is 11.4. The van der Waals surface area contributed by atoms with E-state index < -0.39 is 0 Å². The second-order valence-electron chi connectivity index (χ2n) is 4.03. The van der Waals surface area contributed by atoms with Crippen molar-refractivity contribution in [3.8, 4) is 11.5 Å². The van der Waals surface area contributed by atoms with Crippen LogP contribution >= 0.6 is 15.9 Å². The summed E-state index contributed by atoms with van der Waals surface area (Å²) in [6.07, 6.45) is 0. The average molecular weight is 310 g/mol. The summed E-state index contributed by atoms with van der Waals surface area (Å²) in [5, 5.41) is 0. The molecule has 4 heteroatoms. The van der Waals surface area contributed by atoms with Gasteiger partial charge in [-0.25, -0.2) is 4.39 Å². The minimum Gasteiger partial charge on any atom is -0.456 e. The van der Waals surface area contributed by atoms with Crippen LogP contribution in [0, 0.1) is 5.82 Å². The van der Waals surface area contributed by atoms with E-state index in [9.17, 15) is 4.39 Å².